The van der Waals surface area contributed by atoms with E-state index in [-0.39, 0.29) is 0 Å². The molecule has 0 amide bonds. The van der Waals surface area contributed by atoms with Gasteiger partial charge in [-0.15, -0.1) is 0 Å². The molecule has 0 aromatic heterocycles. The van der Waals surface area contributed by atoms with Crippen molar-refractivity contribution in [3.8, 4) is 0 Å². The summed E-state index contributed by atoms with van der Waals surface area (Å²) in [6.45, 7) is 10.8. The van der Waals surface area contributed by atoms with Crippen LogP contribution in [0.2, 0.25) is 0 Å². The Morgan fingerprint density at radius 3 is 2.61 bits per heavy atom. The minimum Gasteiger partial charge on any atom is -0.312 e. The lowest BCUT2D eigenvalue weighted by atomic mass is 10.1. The Hall–Kier alpha value is -0.120. The lowest BCUT2D eigenvalue weighted by molar-refractivity contribution is 0.0838. The topological polar surface area (TPSA) is 18.5 Å². The van der Waals surface area contributed by atoms with Crippen LogP contribution in [-0.2, 0) is 0 Å². The van der Waals surface area contributed by atoms with E-state index in [1.54, 1.807) is 0 Å². The van der Waals surface area contributed by atoms with Gasteiger partial charge in [0.2, 0.25) is 0 Å². The highest BCUT2D eigenvalue weighted by molar-refractivity contribution is 4.90. The molecule has 0 aromatic rings. The molecular weight excluding hydrogens is 222 g/mol. The van der Waals surface area contributed by atoms with Crippen LogP contribution in [0.5, 0.6) is 0 Å². The fourth-order valence-electron chi connectivity index (χ4n) is 3.10. The molecule has 1 saturated carbocycles. The molecule has 1 heterocycles. The van der Waals surface area contributed by atoms with Crippen LogP contribution in [-0.4, -0.2) is 61.7 Å². The van der Waals surface area contributed by atoms with Crippen LogP contribution >= 0.6 is 0 Å². The molecule has 2 aliphatic rings. The maximum Gasteiger partial charge on any atom is 0.0223 e. The van der Waals surface area contributed by atoms with Crippen molar-refractivity contribution in [2.24, 2.45) is 5.92 Å². The second-order valence-electron chi connectivity index (χ2n) is 6.20. The van der Waals surface area contributed by atoms with Crippen molar-refractivity contribution >= 4 is 0 Å². The minimum atomic E-state index is 0.755. The van der Waals surface area contributed by atoms with E-state index in [1.165, 1.54) is 58.4 Å². The normalized spacial score (nSPS) is 28.5. The number of nitrogens with zero attached hydrogens (tertiary/aromatic N) is 2. The van der Waals surface area contributed by atoms with Crippen LogP contribution in [0.1, 0.15) is 39.5 Å². The fourth-order valence-corrected chi connectivity index (χ4v) is 3.10. The van der Waals surface area contributed by atoms with Crippen LogP contribution in [0.25, 0.3) is 0 Å². The number of rotatable bonds is 7. The number of piperazine rings is 1. The van der Waals surface area contributed by atoms with Crippen molar-refractivity contribution < 1.29 is 0 Å². The van der Waals surface area contributed by atoms with Crippen LogP contribution in [0, 0.1) is 5.92 Å². The maximum atomic E-state index is 3.77. The molecule has 18 heavy (non-hydrogen) atoms. The summed E-state index contributed by atoms with van der Waals surface area (Å²) in [5.41, 5.74) is 0. The molecule has 2 rings (SSSR count). The number of likely N-dealkylation sites (N-methyl/N-ethyl adjacent to an activating group) is 1. The second-order valence-corrected chi connectivity index (χ2v) is 6.20. The Morgan fingerprint density at radius 1 is 1.22 bits per heavy atom. The van der Waals surface area contributed by atoms with Crippen molar-refractivity contribution in [1.82, 2.24) is 15.1 Å². The molecule has 1 aliphatic heterocycles. The number of hydrogen-bond acceptors (Lipinski definition) is 3. The van der Waals surface area contributed by atoms with E-state index in [4.69, 9.17) is 0 Å². The first-order valence-electron chi connectivity index (χ1n) is 7.90. The molecule has 0 spiro atoms. The Balaban J connectivity index is 1.79. The lowest BCUT2D eigenvalue weighted by Crippen LogP contribution is -2.54. The molecule has 2 atom stereocenters. The van der Waals surface area contributed by atoms with Gasteiger partial charge in [-0.05, 0) is 45.2 Å². The van der Waals surface area contributed by atoms with Gasteiger partial charge in [0.15, 0.2) is 0 Å². The second kappa shape index (κ2) is 6.88. The van der Waals surface area contributed by atoms with E-state index in [1.807, 2.05) is 0 Å². The molecule has 106 valence electrons. The molecule has 1 saturated heterocycles. The van der Waals surface area contributed by atoms with Gasteiger partial charge >= 0.3 is 0 Å². The Bertz CT molecular complexity index is 240. The number of nitrogens with one attached hydrogen (secondary N) is 1. The van der Waals surface area contributed by atoms with Gasteiger partial charge in [-0.3, -0.25) is 4.90 Å². The highest BCUT2D eigenvalue weighted by Crippen LogP contribution is 2.33. The first kappa shape index (κ1) is 14.3. The zero-order valence-corrected chi connectivity index (χ0v) is 12.5. The molecular formula is C15H31N3. The van der Waals surface area contributed by atoms with Gasteiger partial charge in [-0.1, -0.05) is 13.8 Å². The third kappa shape index (κ3) is 3.94. The molecule has 0 aromatic carbocycles. The Labute approximate surface area is 113 Å². The standard InChI is InChI=1S/C15H31N3/c1-4-8-16-15(13-6-7-13)12-18-10-9-17(3)14(5-2)11-18/h13-16H,4-12H2,1-3H3. The molecule has 3 nitrogen and oxygen atoms in total. The zero-order chi connectivity index (χ0) is 13.0. The first-order valence-corrected chi connectivity index (χ1v) is 7.90. The Kier molecular flexibility index (Phi) is 5.46. The van der Waals surface area contributed by atoms with E-state index >= 15 is 0 Å². The van der Waals surface area contributed by atoms with Gasteiger partial charge in [0.05, 0.1) is 0 Å². The highest BCUT2D eigenvalue weighted by atomic mass is 15.3. The average molecular weight is 253 g/mol. The monoisotopic (exact) mass is 253 g/mol. The van der Waals surface area contributed by atoms with Crippen LogP contribution in [0.15, 0.2) is 0 Å². The third-order valence-corrected chi connectivity index (χ3v) is 4.63. The van der Waals surface area contributed by atoms with Gasteiger partial charge < -0.3 is 10.2 Å². The maximum absolute atomic E-state index is 3.77. The van der Waals surface area contributed by atoms with Gasteiger partial charge in [-0.25, -0.2) is 0 Å². The van der Waals surface area contributed by atoms with E-state index in [0.29, 0.717) is 0 Å². The molecule has 1 N–H and O–H groups in total. The summed E-state index contributed by atoms with van der Waals surface area (Å²) in [5, 5.41) is 3.77. The summed E-state index contributed by atoms with van der Waals surface area (Å²) < 4.78 is 0. The van der Waals surface area contributed by atoms with Crippen molar-refractivity contribution in [1.29, 1.82) is 0 Å². The molecule has 0 radical (unpaired) electrons. The first-order chi connectivity index (χ1) is 8.74. The third-order valence-electron chi connectivity index (χ3n) is 4.63. The van der Waals surface area contributed by atoms with E-state index in [9.17, 15) is 0 Å². The minimum absolute atomic E-state index is 0.755. The van der Waals surface area contributed by atoms with E-state index < -0.39 is 0 Å². The summed E-state index contributed by atoms with van der Waals surface area (Å²) in [7, 11) is 2.28. The summed E-state index contributed by atoms with van der Waals surface area (Å²) in [6.07, 6.45) is 5.44. The van der Waals surface area contributed by atoms with Crippen LogP contribution in [0.3, 0.4) is 0 Å². The van der Waals surface area contributed by atoms with Crippen LogP contribution in [0.4, 0.5) is 0 Å². The van der Waals surface area contributed by atoms with Crippen molar-refractivity contribution in [3.63, 3.8) is 0 Å². The summed E-state index contributed by atoms with van der Waals surface area (Å²) in [4.78, 5) is 5.22. The number of hydrogen-bond donors (Lipinski definition) is 1. The van der Waals surface area contributed by atoms with Gasteiger partial charge in [0.25, 0.3) is 0 Å². The Morgan fingerprint density at radius 2 is 2.00 bits per heavy atom. The summed E-state index contributed by atoms with van der Waals surface area (Å²) >= 11 is 0. The van der Waals surface area contributed by atoms with E-state index in [2.05, 4.69) is 36.0 Å². The van der Waals surface area contributed by atoms with Crippen molar-refractivity contribution in [2.75, 3.05) is 39.8 Å². The SMILES string of the molecule is CCCNC(CN1CCN(C)C(CC)C1)C1CC1. The molecule has 2 unspecified atom stereocenters. The van der Waals surface area contributed by atoms with Crippen LogP contribution < -0.4 is 5.32 Å². The summed E-state index contributed by atoms with van der Waals surface area (Å²) in [5.74, 6) is 0.969. The largest absolute Gasteiger partial charge is 0.312 e. The average Bonchev–Trinajstić information content (AvgIpc) is 3.20. The fraction of sp³-hybridized carbons (Fsp3) is 1.00. The summed E-state index contributed by atoms with van der Waals surface area (Å²) in [6, 6.07) is 1.52. The molecule has 2 fully saturated rings. The quantitative estimate of drug-likeness (QED) is 0.746. The van der Waals surface area contributed by atoms with Crippen molar-refractivity contribution in [2.45, 2.75) is 51.6 Å². The van der Waals surface area contributed by atoms with Gasteiger partial charge in [0.1, 0.15) is 0 Å². The highest BCUT2D eigenvalue weighted by Gasteiger charge is 2.33. The molecule has 0 bridgehead atoms. The smallest absolute Gasteiger partial charge is 0.0223 e. The lowest BCUT2D eigenvalue weighted by Gasteiger charge is -2.40. The molecule has 1 aliphatic carbocycles. The van der Waals surface area contributed by atoms with Gasteiger partial charge in [-0.2, -0.15) is 0 Å². The van der Waals surface area contributed by atoms with Gasteiger partial charge in [0, 0.05) is 38.3 Å². The zero-order valence-electron chi connectivity index (χ0n) is 12.5. The van der Waals surface area contributed by atoms with Crippen molar-refractivity contribution in [3.05, 3.63) is 0 Å². The van der Waals surface area contributed by atoms with E-state index in [0.717, 1.165) is 18.0 Å². The molecule has 3 heteroatoms. The predicted octanol–water partition coefficient (Wildman–Crippen LogP) is 1.79. The predicted molar refractivity (Wildman–Crippen MR) is 78.0 cm³/mol.